The van der Waals surface area contributed by atoms with Gasteiger partial charge in [-0.3, -0.25) is 14.4 Å². The molecule has 2 heterocycles. The van der Waals surface area contributed by atoms with Gasteiger partial charge in [0.15, 0.2) is 5.78 Å². The van der Waals surface area contributed by atoms with Gasteiger partial charge in [0.1, 0.15) is 5.78 Å². The lowest BCUT2D eigenvalue weighted by atomic mass is 10.1. The molecule has 0 atom stereocenters. The molecule has 7 nitrogen and oxygen atoms in total. The van der Waals surface area contributed by atoms with Gasteiger partial charge < -0.3 is 15.1 Å². The number of rotatable bonds is 8. The Balaban J connectivity index is 1.35. The number of hydrogen-bond donors (Lipinski definition) is 1. The highest BCUT2D eigenvalue weighted by Crippen LogP contribution is 2.14. The summed E-state index contributed by atoms with van der Waals surface area (Å²) in [6.07, 6.45) is 0.630. The molecule has 0 aliphatic carbocycles. The van der Waals surface area contributed by atoms with Crippen molar-refractivity contribution in [2.75, 3.05) is 31.5 Å². The number of aryl methyl sites for hydroxylation is 1. The highest BCUT2D eigenvalue weighted by atomic mass is 32.1. The monoisotopic (exact) mass is 441 g/mol. The number of anilines is 1. The van der Waals surface area contributed by atoms with Crippen LogP contribution in [0.25, 0.3) is 0 Å². The van der Waals surface area contributed by atoms with Gasteiger partial charge in [0.25, 0.3) is 0 Å². The summed E-state index contributed by atoms with van der Waals surface area (Å²) in [5.74, 6) is -0.194. The molecule has 31 heavy (non-hydrogen) atoms. The van der Waals surface area contributed by atoms with E-state index in [0.29, 0.717) is 31.1 Å². The number of amides is 3. The average molecular weight is 442 g/mol. The molecule has 1 aliphatic heterocycles. The van der Waals surface area contributed by atoms with E-state index in [2.05, 4.69) is 5.32 Å². The largest absolute Gasteiger partial charge is 0.339 e. The van der Waals surface area contributed by atoms with Crippen LogP contribution in [0.3, 0.4) is 0 Å². The number of carbonyl (C=O) groups is 4. The predicted molar refractivity (Wildman–Crippen MR) is 120 cm³/mol. The molecule has 1 saturated heterocycles. The molecule has 3 rings (SSSR count). The number of thiophene rings is 1. The van der Waals surface area contributed by atoms with Crippen LogP contribution in [0.15, 0.2) is 41.8 Å². The summed E-state index contributed by atoms with van der Waals surface area (Å²) in [6.45, 7) is 3.77. The normalized spacial score (nSPS) is 13.7. The highest BCUT2D eigenvalue weighted by molar-refractivity contribution is 7.12. The molecule has 1 aromatic heterocycles. The van der Waals surface area contributed by atoms with Crippen LogP contribution in [-0.2, 0) is 9.59 Å². The second kappa shape index (κ2) is 10.9. The number of Topliss-reactive ketones (excluding diaryl/α,β-unsaturated/α-hetero) is 2. The minimum Gasteiger partial charge on any atom is -0.339 e. The molecular weight excluding hydrogens is 414 g/mol. The van der Waals surface area contributed by atoms with Crippen molar-refractivity contribution in [3.05, 3.63) is 52.2 Å². The van der Waals surface area contributed by atoms with E-state index in [1.165, 1.54) is 11.3 Å². The molecule has 0 bridgehead atoms. The second-order valence-corrected chi connectivity index (χ2v) is 8.55. The maximum Gasteiger partial charge on any atom is 0.321 e. The fourth-order valence-corrected chi connectivity index (χ4v) is 4.12. The number of carbonyl (C=O) groups excluding carboxylic acids is 4. The van der Waals surface area contributed by atoms with Crippen molar-refractivity contribution < 1.29 is 19.2 Å². The third-order valence-electron chi connectivity index (χ3n) is 5.23. The minimum atomic E-state index is -0.178. The van der Waals surface area contributed by atoms with Crippen LogP contribution < -0.4 is 5.32 Å². The Hall–Kier alpha value is -3.00. The quantitative estimate of drug-likeness (QED) is 0.632. The van der Waals surface area contributed by atoms with E-state index in [0.717, 1.165) is 11.3 Å². The molecule has 1 N–H and O–H groups in total. The van der Waals surface area contributed by atoms with E-state index in [9.17, 15) is 19.2 Å². The lowest BCUT2D eigenvalue weighted by molar-refractivity contribution is -0.134. The highest BCUT2D eigenvalue weighted by Gasteiger charge is 2.24. The van der Waals surface area contributed by atoms with Crippen molar-refractivity contribution >= 4 is 40.5 Å². The van der Waals surface area contributed by atoms with Gasteiger partial charge in [-0.2, -0.15) is 0 Å². The summed E-state index contributed by atoms with van der Waals surface area (Å²) < 4.78 is 0. The molecule has 0 unspecified atom stereocenters. The number of piperazine rings is 1. The van der Waals surface area contributed by atoms with Gasteiger partial charge in [-0.15, -0.1) is 11.3 Å². The molecular formula is C23H27N3O4S. The fourth-order valence-electron chi connectivity index (χ4n) is 3.43. The van der Waals surface area contributed by atoms with Gasteiger partial charge >= 0.3 is 6.03 Å². The number of nitrogens with one attached hydrogen (secondary N) is 1. The maximum absolute atomic E-state index is 12.4. The third-order valence-corrected chi connectivity index (χ3v) is 6.14. The Morgan fingerprint density at radius 2 is 1.61 bits per heavy atom. The van der Waals surface area contributed by atoms with Crippen LogP contribution in [-0.4, -0.2) is 59.5 Å². The van der Waals surface area contributed by atoms with Crippen LogP contribution in [0.4, 0.5) is 10.5 Å². The Morgan fingerprint density at radius 3 is 2.29 bits per heavy atom. The molecule has 2 aromatic rings. The molecule has 0 spiro atoms. The molecule has 1 aromatic carbocycles. The Morgan fingerprint density at radius 1 is 0.903 bits per heavy atom. The number of nitrogens with zero attached hydrogens (tertiary/aromatic N) is 2. The summed E-state index contributed by atoms with van der Waals surface area (Å²) in [5, 5.41) is 4.71. The first-order chi connectivity index (χ1) is 14.9. The second-order valence-electron chi connectivity index (χ2n) is 7.61. The summed E-state index contributed by atoms with van der Waals surface area (Å²) in [5.41, 5.74) is 1.82. The van der Waals surface area contributed by atoms with Crippen molar-refractivity contribution in [1.29, 1.82) is 0 Å². The van der Waals surface area contributed by atoms with E-state index in [1.807, 2.05) is 42.6 Å². The first-order valence-corrected chi connectivity index (χ1v) is 11.3. The van der Waals surface area contributed by atoms with Gasteiger partial charge in [-0.05, 0) is 36.1 Å². The summed E-state index contributed by atoms with van der Waals surface area (Å²) >= 11 is 1.37. The van der Waals surface area contributed by atoms with Crippen molar-refractivity contribution in [3.8, 4) is 0 Å². The van der Waals surface area contributed by atoms with Crippen LogP contribution in [0.1, 0.15) is 40.9 Å². The lowest BCUT2D eigenvalue weighted by Gasteiger charge is -2.34. The molecule has 0 radical (unpaired) electrons. The zero-order chi connectivity index (χ0) is 22.2. The maximum atomic E-state index is 12.4. The third kappa shape index (κ3) is 6.75. The summed E-state index contributed by atoms with van der Waals surface area (Å²) in [6, 6.07) is 11.0. The van der Waals surface area contributed by atoms with E-state index in [4.69, 9.17) is 0 Å². The number of urea groups is 1. The van der Waals surface area contributed by atoms with Crippen molar-refractivity contribution in [2.45, 2.75) is 32.6 Å². The van der Waals surface area contributed by atoms with Crippen molar-refractivity contribution in [1.82, 2.24) is 9.80 Å². The van der Waals surface area contributed by atoms with Gasteiger partial charge in [0, 0.05) is 57.5 Å². The predicted octanol–water partition coefficient (Wildman–Crippen LogP) is 3.75. The van der Waals surface area contributed by atoms with Gasteiger partial charge in [-0.25, -0.2) is 4.79 Å². The first kappa shape index (κ1) is 22.7. The minimum absolute atomic E-state index is 0.0326. The van der Waals surface area contributed by atoms with E-state index in [1.54, 1.807) is 15.9 Å². The van der Waals surface area contributed by atoms with Crippen LogP contribution in [0.2, 0.25) is 0 Å². The Labute approximate surface area is 186 Å². The Bertz CT molecular complexity index is 934. The van der Waals surface area contributed by atoms with Crippen LogP contribution in [0, 0.1) is 6.92 Å². The standard InChI is InChI=1S/C23H27N3O4S/c1-17-4-2-5-18(16-17)24-23(30)26-13-11-25(12-14-26)22(29)10-8-19(27)7-9-20(28)21-6-3-15-31-21/h2-6,15-16H,7-14H2,1H3,(H,24,30). The summed E-state index contributed by atoms with van der Waals surface area (Å²) in [4.78, 5) is 52.9. The number of benzene rings is 1. The summed E-state index contributed by atoms with van der Waals surface area (Å²) in [7, 11) is 0. The van der Waals surface area contributed by atoms with E-state index in [-0.39, 0.29) is 49.2 Å². The van der Waals surface area contributed by atoms with Crippen LogP contribution in [0.5, 0.6) is 0 Å². The molecule has 0 saturated carbocycles. The van der Waals surface area contributed by atoms with Gasteiger partial charge in [0.05, 0.1) is 4.88 Å². The van der Waals surface area contributed by atoms with Crippen molar-refractivity contribution in [2.24, 2.45) is 0 Å². The van der Waals surface area contributed by atoms with Gasteiger partial charge in [-0.1, -0.05) is 18.2 Å². The van der Waals surface area contributed by atoms with Gasteiger partial charge in [0.2, 0.25) is 5.91 Å². The SMILES string of the molecule is Cc1cccc(NC(=O)N2CCN(C(=O)CCC(=O)CCC(=O)c3cccs3)CC2)c1. The van der Waals surface area contributed by atoms with E-state index >= 15 is 0 Å². The van der Waals surface area contributed by atoms with Crippen LogP contribution >= 0.6 is 11.3 Å². The average Bonchev–Trinajstić information content (AvgIpc) is 3.31. The molecule has 1 aliphatic rings. The molecule has 8 heteroatoms. The number of ketones is 2. The smallest absolute Gasteiger partial charge is 0.321 e. The molecule has 164 valence electrons. The Kier molecular flexibility index (Phi) is 7.94. The molecule has 1 fully saturated rings. The lowest BCUT2D eigenvalue weighted by Crippen LogP contribution is -2.51. The topological polar surface area (TPSA) is 86.8 Å². The molecule has 3 amide bonds. The fraction of sp³-hybridized carbons (Fsp3) is 0.391. The van der Waals surface area contributed by atoms with E-state index < -0.39 is 0 Å². The zero-order valence-electron chi connectivity index (χ0n) is 17.6. The number of hydrogen-bond acceptors (Lipinski definition) is 5. The first-order valence-electron chi connectivity index (χ1n) is 10.4. The zero-order valence-corrected chi connectivity index (χ0v) is 18.5. The van der Waals surface area contributed by atoms with Crippen molar-refractivity contribution in [3.63, 3.8) is 0 Å².